The number of aliphatic carboxylic acids is 1. The minimum absolute atomic E-state index is 0.0381. The van der Waals surface area contributed by atoms with Gasteiger partial charge in [0.25, 0.3) is 0 Å². The molecule has 2 N–H and O–H groups in total. The van der Waals surface area contributed by atoms with Crippen LogP contribution in [-0.2, 0) is 23.9 Å². The SMILES string of the molecule is CN(CC(=O)O)[C@H]1CC[C@@H](c2ccc(Cl)c(Cl)c2)c2ccccc21.CN[C@H]1CC[C@@H](c2ccc(Cl)c(Cl)c2)c2ccccc21.COC(=O)CBr.COC(=O)CN(C)[C@H]1CC[C@@H](c2ccc(Cl)c(Cl)c2)c2ccccc21. The molecule has 9 rings (SSSR count). The van der Waals surface area contributed by atoms with E-state index in [1.807, 2.05) is 86.7 Å². The highest BCUT2D eigenvalue weighted by Crippen LogP contribution is 2.46. The molecule has 3 aliphatic carbocycles. The minimum atomic E-state index is -0.804. The summed E-state index contributed by atoms with van der Waals surface area (Å²) < 4.78 is 9.02. The Kier molecular flexibility index (Phi) is 23.2. The predicted octanol–water partition coefficient (Wildman–Crippen LogP) is 15.8. The Bertz CT molecular complexity index is 2900. The van der Waals surface area contributed by atoms with Crippen LogP contribution in [0.25, 0.3) is 0 Å². The average Bonchev–Trinajstić information content (AvgIpc) is 3.43. The van der Waals surface area contributed by atoms with Crippen LogP contribution in [0.15, 0.2) is 127 Å². The lowest BCUT2D eigenvalue weighted by molar-refractivity contribution is -0.142. The number of fused-ring (bicyclic) bond motifs is 3. The van der Waals surface area contributed by atoms with E-state index in [1.54, 1.807) is 0 Å². The molecule has 6 aromatic carbocycles. The zero-order chi connectivity index (χ0) is 54.3. The normalized spacial score (nSPS) is 19.3. The second-order valence-corrected chi connectivity index (χ2v) is 21.7. The van der Waals surface area contributed by atoms with Gasteiger partial charge in [-0.3, -0.25) is 24.2 Å². The van der Waals surface area contributed by atoms with Crippen molar-refractivity contribution in [3.05, 3.63) is 208 Å². The third-order valence-electron chi connectivity index (χ3n) is 14.2. The van der Waals surface area contributed by atoms with Crippen LogP contribution in [0.4, 0.5) is 0 Å². The molecule has 0 amide bonds. The molecule has 0 radical (unpaired) electrons. The molecular formula is C59H62BrCl6N3O6. The van der Waals surface area contributed by atoms with Crippen molar-refractivity contribution in [2.75, 3.05) is 53.8 Å². The number of nitrogens with one attached hydrogen (secondary N) is 1. The summed E-state index contributed by atoms with van der Waals surface area (Å²) in [6, 6.07) is 43.8. The number of benzene rings is 6. The van der Waals surface area contributed by atoms with Gasteiger partial charge in [0.05, 0.1) is 57.4 Å². The van der Waals surface area contributed by atoms with Crippen LogP contribution < -0.4 is 5.32 Å². The van der Waals surface area contributed by atoms with Gasteiger partial charge in [0, 0.05) is 35.9 Å². The van der Waals surface area contributed by atoms with E-state index >= 15 is 0 Å². The summed E-state index contributed by atoms with van der Waals surface area (Å²) >= 11 is 39.6. The number of carboxylic acid groups (broad SMARTS) is 1. The molecule has 0 unspecified atom stereocenters. The topological polar surface area (TPSA) is 108 Å². The number of halogens is 7. The van der Waals surface area contributed by atoms with Gasteiger partial charge in [0.1, 0.15) is 5.33 Å². The lowest BCUT2D eigenvalue weighted by atomic mass is 9.76. The highest BCUT2D eigenvalue weighted by atomic mass is 79.9. The van der Waals surface area contributed by atoms with E-state index in [-0.39, 0.29) is 54.3 Å². The Morgan fingerprint density at radius 3 is 1.19 bits per heavy atom. The maximum atomic E-state index is 11.6. The number of rotatable bonds is 11. The number of methoxy groups -OCH3 is 2. The first-order chi connectivity index (χ1) is 36.0. The van der Waals surface area contributed by atoms with E-state index in [0.717, 1.165) is 44.1 Å². The number of esters is 2. The molecule has 0 bridgehead atoms. The van der Waals surface area contributed by atoms with Gasteiger partial charge in [-0.05, 0) is 146 Å². The van der Waals surface area contributed by atoms with Gasteiger partial charge in [-0.15, -0.1) is 0 Å². The van der Waals surface area contributed by atoms with E-state index in [1.165, 1.54) is 58.7 Å². The maximum absolute atomic E-state index is 11.6. The quantitative estimate of drug-likeness (QED) is 0.0968. The van der Waals surface area contributed by atoms with Crippen LogP contribution in [-0.4, -0.2) is 86.6 Å². The van der Waals surface area contributed by atoms with Crippen molar-refractivity contribution in [2.45, 2.75) is 74.4 Å². The van der Waals surface area contributed by atoms with E-state index in [9.17, 15) is 14.4 Å². The zero-order valence-corrected chi connectivity index (χ0v) is 48.6. The first-order valence-corrected chi connectivity index (χ1v) is 28.0. The molecule has 0 spiro atoms. The van der Waals surface area contributed by atoms with Crippen molar-refractivity contribution in [2.24, 2.45) is 0 Å². The van der Waals surface area contributed by atoms with Gasteiger partial charge in [-0.2, -0.15) is 0 Å². The summed E-state index contributed by atoms with van der Waals surface area (Å²) in [5, 5.41) is 16.3. The van der Waals surface area contributed by atoms with Crippen LogP contribution in [0.1, 0.15) is 124 Å². The molecule has 0 saturated carbocycles. The zero-order valence-electron chi connectivity index (χ0n) is 42.5. The van der Waals surface area contributed by atoms with E-state index < -0.39 is 5.97 Å². The molecule has 6 aromatic rings. The van der Waals surface area contributed by atoms with Gasteiger partial charge < -0.3 is 19.9 Å². The van der Waals surface area contributed by atoms with Gasteiger partial charge in [-0.25, -0.2) is 0 Å². The third-order valence-corrected chi connectivity index (χ3v) is 16.9. The summed E-state index contributed by atoms with van der Waals surface area (Å²) in [5.74, 6) is -0.312. The number of alkyl halides is 1. The summed E-state index contributed by atoms with van der Waals surface area (Å²) in [5.41, 5.74) is 11.4. The second-order valence-electron chi connectivity index (χ2n) is 18.7. The fourth-order valence-electron chi connectivity index (χ4n) is 10.5. The van der Waals surface area contributed by atoms with E-state index in [0.29, 0.717) is 42.1 Å². The second kappa shape index (κ2) is 29.0. The standard InChI is InChI=1S/C20H21Cl2NO2.C19H19Cl2NO2.C17H17Cl2N.C3H5BrO2/c1-23(12-20(24)25-2)19-10-8-14(15-5-3-4-6-16(15)19)13-7-9-17(21)18(22)11-13;1-22(11-19(23)24)18-9-7-13(14-4-2-3-5-15(14)18)12-6-8-16(20)17(21)10-12;1-20-17-9-7-12(13-4-2-3-5-14(13)17)11-6-8-15(18)16(19)10-11;1-6-3(5)2-4/h3-7,9,11,14,19H,8,10,12H2,1-2H3;2-6,8,10,13,18H,7,9,11H2,1H3,(H,23,24);2-6,8,10,12,17,20H,7,9H2,1H3;2H2,1H3/t14-,19-;13-,18-;12-,17-;/m000./s1. The number of carboxylic acids is 1. The molecule has 0 aromatic heterocycles. The van der Waals surface area contributed by atoms with Crippen molar-refractivity contribution in [1.82, 2.24) is 15.1 Å². The summed E-state index contributed by atoms with van der Waals surface area (Å²) in [6.07, 6.45) is 6.08. The Hall–Kier alpha value is -4.17. The fraction of sp³-hybridized carbons (Fsp3) is 0.339. The number of nitrogens with zero attached hydrogens (tertiary/aromatic N) is 2. The molecule has 0 heterocycles. The Balaban J connectivity index is 0.000000174. The molecule has 6 atom stereocenters. The molecule has 9 nitrogen and oxygen atoms in total. The summed E-state index contributed by atoms with van der Waals surface area (Å²) in [6.45, 7) is 0.323. The molecule has 16 heteroatoms. The van der Waals surface area contributed by atoms with E-state index in [4.69, 9.17) is 79.4 Å². The largest absolute Gasteiger partial charge is 0.480 e. The van der Waals surface area contributed by atoms with Crippen LogP contribution in [0.5, 0.6) is 0 Å². The number of hydrogen-bond acceptors (Lipinski definition) is 8. The molecule has 0 aliphatic heterocycles. The first-order valence-electron chi connectivity index (χ1n) is 24.6. The Morgan fingerprint density at radius 1 is 0.507 bits per heavy atom. The van der Waals surface area contributed by atoms with Gasteiger partial charge >= 0.3 is 17.9 Å². The predicted molar refractivity (Wildman–Crippen MR) is 310 cm³/mol. The van der Waals surface area contributed by atoms with Crippen LogP contribution in [0.2, 0.25) is 30.1 Å². The molecule has 0 fully saturated rings. The third kappa shape index (κ3) is 15.7. The fourth-order valence-corrected chi connectivity index (χ4v) is 11.7. The molecule has 75 heavy (non-hydrogen) atoms. The Morgan fingerprint density at radius 2 is 0.853 bits per heavy atom. The van der Waals surface area contributed by atoms with Crippen LogP contribution >= 0.6 is 85.5 Å². The van der Waals surface area contributed by atoms with Crippen molar-refractivity contribution in [1.29, 1.82) is 0 Å². The molecule has 0 saturated heterocycles. The van der Waals surface area contributed by atoms with Gasteiger partial charge in [0.2, 0.25) is 0 Å². The Labute approximate surface area is 479 Å². The summed E-state index contributed by atoms with van der Waals surface area (Å²) in [4.78, 5) is 36.6. The van der Waals surface area contributed by atoms with Crippen LogP contribution in [0, 0.1) is 0 Å². The molecule has 3 aliphatic rings. The molecular weight excluding hydrogens is 1140 g/mol. The highest BCUT2D eigenvalue weighted by Gasteiger charge is 2.33. The lowest BCUT2D eigenvalue weighted by Gasteiger charge is -2.36. The van der Waals surface area contributed by atoms with Crippen molar-refractivity contribution in [3.63, 3.8) is 0 Å². The number of likely N-dealkylation sites (N-methyl/N-ethyl adjacent to an activating group) is 2. The molecule has 398 valence electrons. The highest BCUT2D eigenvalue weighted by molar-refractivity contribution is 9.09. The van der Waals surface area contributed by atoms with Crippen molar-refractivity contribution >= 4 is 103 Å². The number of ether oxygens (including phenoxy) is 2. The first kappa shape index (κ1) is 60.1. The average molecular weight is 1200 g/mol. The lowest BCUT2D eigenvalue weighted by Crippen LogP contribution is -2.33. The number of carbonyl (C=O) groups is 3. The number of hydrogen-bond donors (Lipinski definition) is 2. The minimum Gasteiger partial charge on any atom is -0.480 e. The smallest absolute Gasteiger partial charge is 0.319 e. The van der Waals surface area contributed by atoms with Crippen LogP contribution in [0.3, 0.4) is 0 Å². The maximum Gasteiger partial charge on any atom is 0.319 e. The summed E-state index contributed by atoms with van der Waals surface area (Å²) in [7, 11) is 8.64. The number of carbonyl (C=O) groups excluding carboxylic acids is 2. The van der Waals surface area contributed by atoms with E-state index in [2.05, 4.69) is 97.6 Å². The van der Waals surface area contributed by atoms with Crippen molar-refractivity contribution in [3.8, 4) is 0 Å². The van der Waals surface area contributed by atoms with Crippen molar-refractivity contribution < 1.29 is 29.0 Å². The van der Waals surface area contributed by atoms with Gasteiger partial charge in [0.15, 0.2) is 0 Å². The monoisotopic (exact) mass is 1200 g/mol. The van der Waals surface area contributed by atoms with Gasteiger partial charge in [-0.1, -0.05) is 177 Å².